The molecule has 112 valence electrons. The van der Waals surface area contributed by atoms with Crippen LogP contribution in [-0.4, -0.2) is 35.7 Å². The van der Waals surface area contributed by atoms with Crippen LogP contribution in [0.25, 0.3) is 0 Å². The Labute approximate surface area is 124 Å². The van der Waals surface area contributed by atoms with Gasteiger partial charge in [-0.05, 0) is 38.6 Å². The Morgan fingerprint density at radius 1 is 1.50 bits per heavy atom. The summed E-state index contributed by atoms with van der Waals surface area (Å²) >= 11 is 3.29. The second kappa shape index (κ2) is 6.99. The zero-order valence-electron chi connectivity index (χ0n) is 11.4. The van der Waals surface area contributed by atoms with E-state index in [1.165, 1.54) is 6.92 Å². The van der Waals surface area contributed by atoms with Crippen molar-refractivity contribution >= 4 is 21.9 Å². The van der Waals surface area contributed by atoms with E-state index in [4.69, 9.17) is 5.11 Å². The minimum Gasteiger partial charge on any atom is -0.480 e. The Kier molecular flexibility index (Phi) is 5.88. The summed E-state index contributed by atoms with van der Waals surface area (Å²) < 4.78 is 30.2. The van der Waals surface area contributed by atoms with E-state index in [0.717, 1.165) is 4.47 Å². The van der Waals surface area contributed by atoms with Gasteiger partial charge >= 0.3 is 12.6 Å². The van der Waals surface area contributed by atoms with Gasteiger partial charge in [-0.3, -0.25) is 9.69 Å². The zero-order valence-corrected chi connectivity index (χ0v) is 12.9. The van der Waals surface area contributed by atoms with Crippen molar-refractivity contribution in [3.05, 3.63) is 27.7 Å². The SMILES string of the molecule is Cc1cc(Br)cc(CN(C)C(C)C(=O)O)c1OC(F)F. The van der Waals surface area contributed by atoms with E-state index in [1.807, 2.05) is 0 Å². The Balaban J connectivity index is 3.06. The van der Waals surface area contributed by atoms with E-state index in [0.29, 0.717) is 11.1 Å². The molecule has 7 heteroatoms. The van der Waals surface area contributed by atoms with Crippen molar-refractivity contribution in [3.63, 3.8) is 0 Å². The molecule has 0 aromatic heterocycles. The highest BCUT2D eigenvalue weighted by molar-refractivity contribution is 9.10. The van der Waals surface area contributed by atoms with Crippen molar-refractivity contribution in [3.8, 4) is 5.75 Å². The maximum Gasteiger partial charge on any atom is 0.387 e. The van der Waals surface area contributed by atoms with Gasteiger partial charge in [0, 0.05) is 16.6 Å². The molecule has 0 fully saturated rings. The number of alkyl halides is 2. The summed E-state index contributed by atoms with van der Waals surface area (Å²) in [6.45, 7) is 0.458. The van der Waals surface area contributed by atoms with Gasteiger partial charge in [-0.15, -0.1) is 0 Å². The summed E-state index contributed by atoms with van der Waals surface area (Å²) in [7, 11) is 1.61. The molecule has 1 atom stereocenters. The lowest BCUT2D eigenvalue weighted by Crippen LogP contribution is -2.35. The van der Waals surface area contributed by atoms with Crippen LogP contribution in [0.5, 0.6) is 5.75 Å². The molecule has 1 aromatic rings. The van der Waals surface area contributed by atoms with Crippen LogP contribution in [0.1, 0.15) is 18.1 Å². The molecule has 1 N–H and O–H groups in total. The molecule has 0 bridgehead atoms. The molecule has 1 aromatic carbocycles. The number of aryl methyl sites for hydroxylation is 1. The van der Waals surface area contributed by atoms with Gasteiger partial charge in [0.1, 0.15) is 11.8 Å². The van der Waals surface area contributed by atoms with E-state index in [2.05, 4.69) is 20.7 Å². The quantitative estimate of drug-likeness (QED) is 0.854. The third-order valence-electron chi connectivity index (χ3n) is 2.96. The first-order valence-electron chi connectivity index (χ1n) is 5.89. The first kappa shape index (κ1) is 16.8. The van der Waals surface area contributed by atoms with Crippen LogP contribution >= 0.6 is 15.9 Å². The number of hydrogen-bond acceptors (Lipinski definition) is 3. The first-order valence-corrected chi connectivity index (χ1v) is 6.68. The van der Waals surface area contributed by atoms with Crippen molar-refractivity contribution < 1.29 is 23.4 Å². The molecule has 0 saturated heterocycles. The Morgan fingerprint density at radius 3 is 2.60 bits per heavy atom. The second-order valence-corrected chi connectivity index (χ2v) is 5.43. The van der Waals surface area contributed by atoms with Gasteiger partial charge < -0.3 is 9.84 Å². The van der Waals surface area contributed by atoms with Crippen LogP contribution in [0.15, 0.2) is 16.6 Å². The standard InChI is InChI=1S/C13H16BrF2NO3/c1-7-4-10(14)5-9(11(7)20-13(15)16)6-17(3)8(2)12(18)19/h4-5,8,13H,6H2,1-3H3,(H,18,19). The molecule has 0 aliphatic rings. The summed E-state index contributed by atoms with van der Waals surface area (Å²) in [5, 5.41) is 8.95. The van der Waals surface area contributed by atoms with E-state index in [9.17, 15) is 13.6 Å². The fourth-order valence-corrected chi connectivity index (χ4v) is 2.39. The van der Waals surface area contributed by atoms with Crippen molar-refractivity contribution in [2.75, 3.05) is 7.05 Å². The third kappa shape index (κ3) is 4.42. The average molecular weight is 352 g/mol. The van der Waals surface area contributed by atoms with Crippen molar-refractivity contribution in [2.45, 2.75) is 33.0 Å². The average Bonchev–Trinajstić information content (AvgIpc) is 2.31. The third-order valence-corrected chi connectivity index (χ3v) is 3.42. The lowest BCUT2D eigenvalue weighted by Gasteiger charge is -2.23. The second-order valence-electron chi connectivity index (χ2n) is 4.52. The maximum absolute atomic E-state index is 12.5. The monoisotopic (exact) mass is 351 g/mol. The number of carbonyl (C=O) groups is 1. The van der Waals surface area contributed by atoms with Gasteiger partial charge in [-0.25, -0.2) is 0 Å². The molecule has 0 spiro atoms. The fraction of sp³-hybridized carbons (Fsp3) is 0.462. The summed E-state index contributed by atoms with van der Waals surface area (Å²) in [5.41, 5.74) is 1.07. The minimum atomic E-state index is -2.92. The molecule has 0 aliphatic carbocycles. The molecule has 0 saturated carbocycles. The molecular formula is C13H16BrF2NO3. The van der Waals surface area contributed by atoms with Crippen molar-refractivity contribution in [2.24, 2.45) is 0 Å². The molecule has 0 aliphatic heterocycles. The predicted molar refractivity (Wildman–Crippen MR) is 74.1 cm³/mol. The number of aliphatic carboxylic acids is 1. The van der Waals surface area contributed by atoms with Crippen molar-refractivity contribution in [1.29, 1.82) is 0 Å². The number of carboxylic acids is 1. The van der Waals surface area contributed by atoms with Gasteiger partial charge in [0.25, 0.3) is 0 Å². The van der Waals surface area contributed by atoms with Gasteiger partial charge in [-0.2, -0.15) is 8.78 Å². The van der Waals surface area contributed by atoms with Gasteiger partial charge in [-0.1, -0.05) is 15.9 Å². The van der Waals surface area contributed by atoms with E-state index in [-0.39, 0.29) is 12.3 Å². The first-order chi connectivity index (χ1) is 9.22. The summed E-state index contributed by atoms with van der Waals surface area (Å²) in [6, 6.07) is 2.59. The smallest absolute Gasteiger partial charge is 0.387 e. The van der Waals surface area contributed by atoms with E-state index in [1.54, 1.807) is 31.0 Å². The molecule has 4 nitrogen and oxygen atoms in total. The zero-order chi connectivity index (χ0) is 15.4. The number of benzene rings is 1. The van der Waals surface area contributed by atoms with Crippen LogP contribution in [0, 0.1) is 6.92 Å². The highest BCUT2D eigenvalue weighted by atomic mass is 79.9. The highest BCUT2D eigenvalue weighted by Gasteiger charge is 2.20. The van der Waals surface area contributed by atoms with Crippen LogP contribution in [0.3, 0.4) is 0 Å². The Hall–Kier alpha value is -1.21. The van der Waals surface area contributed by atoms with Gasteiger partial charge in [0.15, 0.2) is 0 Å². The Bertz CT molecular complexity index is 497. The predicted octanol–water partition coefficient (Wildman–Crippen LogP) is 3.26. The van der Waals surface area contributed by atoms with Crippen LogP contribution in [-0.2, 0) is 11.3 Å². The van der Waals surface area contributed by atoms with Crippen molar-refractivity contribution in [1.82, 2.24) is 4.90 Å². The molecule has 1 rings (SSSR count). The molecule has 0 amide bonds. The molecule has 0 radical (unpaired) electrons. The van der Waals surface area contributed by atoms with E-state index < -0.39 is 18.6 Å². The summed E-state index contributed by atoms with van der Waals surface area (Å²) in [4.78, 5) is 12.5. The number of likely N-dealkylation sites (N-methyl/N-ethyl adjacent to an activating group) is 1. The van der Waals surface area contributed by atoms with E-state index >= 15 is 0 Å². The fourth-order valence-electron chi connectivity index (χ4n) is 1.77. The normalized spacial score (nSPS) is 12.8. The highest BCUT2D eigenvalue weighted by Crippen LogP contribution is 2.30. The lowest BCUT2D eigenvalue weighted by atomic mass is 10.1. The molecule has 20 heavy (non-hydrogen) atoms. The summed E-state index contributed by atoms with van der Waals surface area (Å²) in [6.07, 6.45) is 0. The number of halogens is 3. The minimum absolute atomic E-state index is 0.0904. The number of hydrogen-bond donors (Lipinski definition) is 1. The lowest BCUT2D eigenvalue weighted by molar-refractivity contribution is -0.142. The largest absolute Gasteiger partial charge is 0.480 e. The van der Waals surface area contributed by atoms with Crippen LogP contribution in [0.4, 0.5) is 8.78 Å². The molecule has 0 heterocycles. The van der Waals surface area contributed by atoms with Gasteiger partial charge in [0.2, 0.25) is 0 Å². The molecular weight excluding hydrogens is 336 g/mol. The topological polar surface area (TPSA) is 49.8 Å². The number of carboxylic acid groups (broad SMARTS) is 1. The Morgan fingerprint density at radius 2 is 2.10 bits per heavy atom. The number of ether oxygens (including phenoxy) is 1. The van der Waals surface area contributed by atoms with Gasteiger partial charge in [0.05, 0.1) is 0 Å². The molecule has 1 unspecified atom stereocenters. The summed E-state index contributed by atoms with van der Waals surface area (Å²) in [5.74, 6) is -0.886. The number of rotatable bonds is 6. The van der Waals surface area contributed by atoms with Crippen LogP contribution in [0.2, 0.25) is 0 Å². The van der Waals surface area contributed by atoms with Crippen LogP contribution < -0.4 is 4.74 Å². The number of nitrogens with zero attached hydrogens (tertiary/aromatic N) is 1. The maximum atomic E-state index is 12.5.